The van der Waals surface area contributed by atoms with E-state index in [0.29, 0.717) is 12.2 Å². The van der Waals surface area contributed by atoms with Crippen LogP contribution in [0.1, 0.15) is 21.7 Å². The highest BCUT2D eigenvalue weighted by Gasteiger charge is 2.28. The lowest BCUT2D eigenvalue weighted by molar-refractivity contribution is 0.0963. The van der Waals surface area contributed by atoms with Crippen LogP contribution in [-0.2, 0) is 6.42 Å². The van der Waals surface area contributed by atoms with Crippen molar-refractivity contribution in [2.45, 2.75) is 13.3 Å². The van der Waals surface area contributed by atoms with E-state index in [9.17, 15) is 4.79 Å². The van der Waals surface area contributed by atoms with Crippen LogP contribution in [0.2, 0.25) is 5.22 Å². The van der Waals surface area contributed by atoms with Crippen molar-refractivity contribution >= 4 is 28.9 Å². The van der Waals surface area contributed by atoms with Crippen LogP contribution >= 0.6 is 11.6 Å². The maximum absolute atomic E-state index is 12.4. The Morgan fingerprint density at radius 3 is 2.89 bits per heavy atom. The molecule has 0 unspecified atom stereocenters. The van der Waals surface area contributed by atoms with Crippen LogP contribution in [0.15, 0.2) is 28.7 Å². The highest BCUT2D eigenvalue weighted by molar-refractivity contribution is 6.29. The van der Waals surface area contributed by atoms with Crippen LogP contribution in [0.4, 0.5) is 11.4 Å². The van der Waals surface area contributed by atoms with Crippen LogP contribution in [0.5, 0.6) is 0 Å². The van der Waals surface area contributed by atoms with E-state index >= 15 is 0 Å². The largest absolute Gasteiger partial charge is 0.440 e. The predicted molar refractivity (Wildman–Crippen MR) is 74.7 cm³/mol. The van der Waals surface area contributed by atoms with Gasteiger partial charge in [0.15, 0.2) is 11.0 Å². The molecular weight excluding hydrogens is 264 g/mol. The summed E-state index contributed by atoms with van der Waals surface area (Å²) < 4.78 is 5.17. The Morgan fingerprint density at radius 2 is 2.21 bits per heavy atom. The van der Waals surface area contributed by atoms with Crippen molar-refractivity contribution in [3.05, 3.63) is 46.4 Å². The maximum atomic E-state index is 12.4. The summed E-state index contributed by atoms with van der Waals surface area (Å²) in [5, 5.41) is 0.214. The van der Waals surface area contributed by atoms with Gasteiger partial charge < -0.3 is 15.1 Å². The Balaban J connectivity index is 1.98. The lowest BCUT2D eigenvalue weighted by atomic mass is 10.1. The topological polar surface area (TPSA) is 59.5 Å². The van der Waals surface area contributed by atoms with Gasteiger partial charge in [-0.3, -0.25) is 4.79 Å². The van der Waals surface area contributed by atoms with E-state index in [4.69, 9.17) is 21.8 Å². The molecular formula is C14H13ClN2O2. The van der Waals surface area contributed by atoms with E-state index in [1.165, 1.54) is 0 Å². The first-order valence-electron chi connectivity index (χ1n) is 6.02. The quantitative estimate of drug-likeness (QED) is 0.815. The third-order valence-electron chi connectivity index (χ3n) is 3.39. The first-order chi connectivity index (χ1) is 9.06. The van der Waals surface area contributed by atoms with Crippen LogP contribution in [0.3, 0.4) is 0 Å². The van der Waals surface area contributed by atoms with Gasteiger partial charge in [0.25, 0.3) is 5.91 Å². The zero-order valence-electron chi connectivity index (χ0n) is 10.4. The number of fused-ring (bicyclic) bond motifs is 1. The Bertz CT molecular complexity index is 663. The number of carbonyl (C=O) groups excluding carboxylic acids is 1. The summed E-state index contributed by atoms with van der Waals surface area (Å²) in [5.74, 6) is 0.0610. The van der Waals surface area contributed by atoms with Gasteiger partial charge in [0.1, 0.15) is 0 Å². The summed E-state index contributed by atoms with van der Waals surface area (Å²) in [4.78, 5) is 14.0. The molecule has 2 heterocycles. The van der Waals surface area contributed by atoms with Crippen molar-refractivity contribution in [2.75, 3.05) is 17.2 Å². The van der Waals surface area contributed by atoms with E-state index in [-0.39, 0.29) is 16.9 Å². The number of anilines is 2. The molecule has 2 N–H and O–H groups in total. The number of furan rings is 1. The number of halogens is 1. The number of nitrogens with two attached hydrogens (primary N) is 1. The molecule has 0 aliphatic carbocycles. The second kappa shape index (κ2) is 4.31. The van der Waals surface area contributed by atoms with Gasteiger partial charge in [-0.1, -0.05) is 6.07 Å². The summed E-state index contributed by atoms with van der Waals surface area (Å²) in [7, 11) is 0. The van der Waals surface area contributed by atoms with E-state index in [0.717, 1.165) is 23.2 Å². The molecule has 1 aromatic heterocycles. The Kier molecular flexibility index (Phi) is 2.75. The highest BCUT2D eigenvalue weighted by atomic mass is 35.5. The third kappa shape index (κ3) is 1.98. The zero-order valence-corrected chi connectivity index (χ0v) is 11.2. The fourth-order valence-electron chi connectivity index (χ4n) is 2.35. The van der Waals surface area contributed by atoms with E-state index < -0.39 is 0 Å². The van der Waals surface area contributed by atoms with Gasteiger partial charge in [-0.05, 0) is 54.3 Å². The third-order valence-corrected chi connectivity index (χ3v) is 3.60. The zero-order chi connectivity index (χ0) is 13.6. The van der Waals surface area contributed by atoms with Crippen molar-refractivity contribution in [2.24, 2.45) is 0 Å². The van der Waals surface area contributed by atoms with Crippen molar-refractivity contribution < 1.29 is 9.21 Å². The molecule has 0 fully saturated rings. The molecule has 1 amide bonds. The number of benzene rings is 1. The molecule has 1 aliphatic rings. The van der Waals surface area contributed by atoms with E-state index in [1.54, 1.807) is 17.0 Å². The second-order valence-electron chi connectivity index (χ2n) is 4.65. The van der Waals surface area contributed by atoms with Gasteiger partial charge in [-0.15, -0.1) is 0 Å². The molecule has 1 aliphatic heterocycles. The van der Waals surface area contributed by atoms with Crippen molar-refractivity contribution in [3.8, 4) is 0 Å². The summed E-state index contributed by atoms with van der Waals surface area (Å²) >= 11 is 5.70. The molecule has 0 atom stereocenters. The minimum Gasteiger partial charge on any atom is -0.440 e. The number of hydrogen-bond acceptors (Lipinski definition) is 3. The molecule has 0 bridgehead atoms. The Labute approximate surface area is 115 Å². The molecule has 0 saturated carbocycles. The van der Waals surface area contributed by atoms with Crippen molar-refractivity contribution in [3.63, 3.8) is 0 Å². The lowest BCUT2D eigenvalue weighted by Gasteiger charge is -2.16. The fraction of sp³-hybridized carbons (Fsp3) is 0.214. The summed E-state index contributed by atoms with van der Waals surface area (Å²) in [5.41, 5.74) is 9.64. The van der Waals surface area contributed by atoms with Crippen LogP contribution in [-0.4, -0.2) is 12.5 Å². The van der Waals surface area contributed by atoms with Crippen molar-refractivity contribution in [1.29, 1.82) is 0 Å². The maximum Gasteiger partial charge on any atom is 0.294 e. The SMILES string of the molecule is Cc1cc2c(cc1N)N(C(=O)c1ccc(Cl)o1)CC2. The molecule has 19 heavy (non-hydrogen) atoms. The van der Waals surface area contributed by atoms with Gasteiger partial charge in [0.2, 0.25) is 0 Å². The van der Waals surface area contributed by atoms with E-state index in [2.05, 4.69) is 0 Å². The molecule has 1 aromatic carbocycles. The summed E-state index contributed by atoms with van der Waals surface area (Å²) in [6.45, 7) is 2.60. The lowest BCUT2D eigenvalue weighted by Crippen LogP contribution is -2.28. The number of aryl methyl sites for hydroxylation is 1. The van der Waals surface area contributed by atoms with Gasteiger partial charge in [0, 0.05) is 17.9 Å². The Hall–Kier alpha value is -1.94. The van der Waals surface area contributed by atoms with Gasteiger partial charge in [-0.2, -0.15) is 0 Å². The average Bonchev–Trinajstić information content (AvgIpc) is 2.96. The minimum absolute atomic E-state index is 0.186. The number of amides is 1. The normalized spacial score (nSPS) is 13.7. The first-order valence-corrected chi connectivity index (χ1v) is 6.40. The molecule has 2 aromatic rings. The molecule has 0 spiro atoms. The molecule has 98 valence electrons. The highest BCUT2D eigenvalue weighted by Crippen LogP contribution is 2.33. The molecule has 5 heteroatoms. The molecule has 4 nitrogen and oxygen atoms in total. The fourth-order valence-corrected chi connectivity index (χ4v) is 2.50. The van der Waals surface area contributed by atoms with Crippen molar-refractivity contribution in [1.82, 2.24) is 0 Å². The van der Waals surface area contributed by atoms with Crippen LogP contribution in [0.25, 0.3) is 0 Å². The second-order valence-corrected chi connectivity index (χ2v) is 5.02. The monoisotopic (exact) mass is 276 g/mol. The van der Waals surface area contributed by atoms with Gasteiger partial charge in [-0.25, -0.2) is 0 Å². The smallest absolute Gasteiger partial charge is 0.294 e. The number of carbonyl (C=O) groups is 1. The van der Waals surface area contributed by atoms with E-state index in [1.807, 2.05) is 19.1 Å². The minimum atomic E-state index is -0.186. The van der Waals surface area contributed by atoms with Crippen LogP contribution < -0.4 is 10.6 Å². The van der Waals surface area contributed by atoms with Crippen LogP contribution in [0, 0.1) is 6.92 Å². The summed E-state index contributed by atoms with van der Waals surface area (Å²) in [6.07, 6.45) is 0.830. The number of nitrogen functional groups attached to an aromatic ring is 1. The molecule has 0 radical (unpaired) electrons. The summed E-state index contributed by atoms with van der Waals surface area (Å²) in [6, 6.07) is 7.03. The van der Waals surface area contributed by atoms with Gasteiger partial charge in [0.05, 0.1) is 0 Å². The number of hydrogen-bond donors (Lipinski definition) is 1. The predicted octanol–water partition coefficient (Wildman–Crippen LogP) is 3.03. The molecule has 0 saturated heterocycles. The number of rotatable bonds is 1. The first kappa shape index (κ1) is 12.1. The Morgan fingerprint density at radius 1 is 1.42 bits per heavy atom. The average molecular weight is 277 g/mol. The molecule has 3 rings (SSSR count). The number of nitrogens with zero attached hydrogens (tertiary/aromatic N) is 1. The van der Waals surface area contributed by atoms with Gasteiger partial charge >= 0.3 is 0 Å². The standard InChI is InChI=1S/C14H13ClN2O2/c1-8-6-9-4-5-17(11(9)7-10(8)16)14(18)12-2-3-13(15)19-12/h2-3,6-7H,4-5,16H2,1H3.